The van der Waals surface area contributed by atoms with Gasteiger partial charge in [-0.25, -0.2) is 0 Å². The SMILES string of the molecule is C=CC[B-](C=C)(CC=C)CC=C. The highest BCUT2D eigenvalue weighted by Gasteiger charge is 2.15. The van der Waals surface area contributed by atoms with E-state index in [9.17, 15) is 0 Å². The molecule has 0 aliphatic heterocycles. The minimum absolute atomic E-state index is 0.556. The maximum atomic E-state index is 3.87. The molecule has 0 saturated carbocycles. The van der Waals surface area contributed by atoms with Gasteiger partial charge in [0.25, 0.3) is 0 Å². The number of hydrogen-bond donors (Lipinski definition) is 0. The third-order valence-electron chi connectivity index (χ3n) is 2.41. The largest absolute Gasteiger partial charge is 0.252 e. The summed E-state index contributed by atoms with van der Waals surface area (Å²) in [5.74, 6) is 2.05. The van der Waals surface area contributed by atoms with E-state index in [1.165, 1.54) is 0 Å². The Labute approximate surface area is 76.3 Å². The predicted octanol–water partition coefficient (Wildman–Crippen LogP) is 3.72. The average Bonchev–Trinajstić information content (AvgIpc) is 2.06. The van der Waals surface area contributed by atoms with Crippen molar-refractivity contribution in [2.24, 2.45) is 0 Å². The van der Waals surface area contributed by atoms with Crippen LogP contribution in [0.3, 0.4) is 0 Å². The molecule has 0 N–H and O–H groups in total. The van der Waals surface area contributed by atoms with Gasteiger partial charge in [-0.15, -0.1) is 44.5 Å². The summed E-state index contributed by atoms with van der Waals surface area (Å²) in [6, 6.07) is 0. The van der Waals surface area contributed by atoms with Crippen molar-refractivity contribution in [2.75, 3.05) is 0 Å². The summed E-state index contributed by atoms with van der Waals surface area (Å²) in [6.45, 7) is 15.1. The van der Waals surface area contributed by atoms with Gasteiger partial charge in [-0.2, -0.15) is 19.0 Å². The third kappa shape index (κ3) is 2.95. The van der Waals surface area contributed by atoms with Gasteiger partial charge < -0.3 is 0 Å². The van der Waals surface area contributed by atoms with Crippen molar-refractivity contribution in [3.8, 4) is 0 Å². The van der Waals surface area contributed by atoms with E-state index in [0.29, 0.717) is 0 Å². The highest BCUT2D eigenvalue weighted by molar-refractivity contribution is 6.85. The molecule has 0 radical (unpaired) electrons. The van der Waals surface area contributed by atoms with Gasteiger partial charge >= 0.3 is 0 Å². The number of allylic oxidation sites excluding steroid dienone is 3. The molecule has 0 fully saturated rings. The maximum absolute atomic E-state index is 3.87. The van der Waals surface area contributed by atoms with Crippen LogP contribution in [-0.4, -0.2) is 6.15 Å². The highest BCUT2D eigenvalue weighted by atomic mass is 13.9. The molecule has 12 heavy (non-hydrogen) atoms. The van der Waals surface area contributed by atoms with E-state index < -0.39 is 6.15 Å². The molecule has 0 aliphatic rings. The Hall–Kier alpha value is -0.975. The monoisotopic (exact) mass is 161 g/mol. The topological polar surface area (TPSA) is 0 Å². The lowest BCUT2D eigenvalue weighted by atomic mass is 9.20. The first kappa shape index (κ1) is 11.0. The highest BCUT2D eigenvalue weighted by Crippen LogP contribution is 2.23. The van der Waals surface area contributed by atoms with Crippen LogP contribution in [0.4, 0.5) is 0 Å². The normalized spacial score (nSPS) is 10.3. The summed E-state index contributed by atoms with van der Waals surface area (Å²) in [5, 5.41) is 0. The summed E-state index contributed by atoms with van der Waals surface area (Å²) < 4.78 is 0. The molecule has 0 aliphatic carbocycles. The maximum Gasteiger partial charge on any atom is 0.0308 e. The average molecular weight is 161 g/mol. The van der Waals surface area contributed by atoms with Crippen LogP contribution < -0.4 is 0 Å². The molecule has 0 unspecified atom stereocenters. The van der Waals surface area contributed by atoms with Crippen molar-refractivity contribution in [2.45, 2.75) is 19.0 Å². The van der Waals surface area contributed by atoms with Crippen LogP contribution in [0.15, 0.2) is 50.5 Å². The predicted molar refractivity (Wildman–Crippen MR) is 61.0 cm³/mol. The van der Waals surface area contributed by atoms with Gasteiger partial charge in [-0.3, -0.25) is 5.98 Å². The zero-order chi connectivity index (χ0) is 9.45. The van der Waals surface area contributed by atoms with Gasteiger partial charge in [0.2, 0.25) is 0 Å². The lowest BCUT2D eigenvalue weighted by Gasteiger charge is -2.32. The second-order valence-corrected chi connectivity index (χ2v) is 3.38. The lowest BCUT2D eigenvalue weighted by molar-refractivity contribution is 1.39. The second-order valence-electron chi connectivity index (χ2n) is 3.38. The Morgan fingerprint density at radius 2 is 1.08 bits per heavy atom. The van der Waals surface area contributed by atoms with Crippen LogP contribution >= 0.6 is 0 Å². The summed E-state index contributed by atoms with van der Waals surface area (Å²) >= 11 is 0. The first-order valence-electron chi connectivity index (χ1n) is 4.42. The third-order valence-corrected chi connectivity index (χ3v) is 2.41. The smallest absolute Gasteiger partial charge is 0.0308 e. The molecule has 66 valence electrons. The Balaban J connectivity index is 4.45. The molecular formula is C11H18B-. The molecule has 0 aromatic heterocycles. The van der Waals surface area contributed by atoms with Gasteiger partial charge in [0.15, 0.2) is 0 Å². The molecule has 0 amide bonds. The second kappa shape index (κ2) is 5.65. The molecule has 0 bridgehead atoms. The van der Waals surface area contributed by atoms with E-state index in [-0.39, 0.29) is 0 Å². The summed E-state index contributed by atoms with van der Waals surface area (Å²) in [5.41, 5.74) is 0. The fourth-order valence-corrected chi connectivity index (χ4v) is 1.57. The minimum Gasteiger partial charge on any atom is -0.252 e. The zero-order valence-electron chi connectivity index (χ0n) is 7.84. The molecule has 0 heterocycles. The molecule has 0 saturated heterocycles. The lowest BCUT2D eigenvalue weighted by Crippen LogP contribution is -2.29. The summed E-state index contributed by atoms with van der Waals surface area (Å²) in [6.07, 6.45) is 8.31. The first-order valence-corrected chi connectivity index (χ1v) is 4.42. The quantitative estimate of drug-likeness (QED) is 0.394. The minimum atomic E-state index is -0.556. The van der Waals surface area contributed by atoms with Crippen LogP contribution in [0.25, 0.3) is 0 Å². The van der Waals surface area contributed by atoms with E-state index in [4.69, 9.17) is 0 Å². The fourth-order valence-electron chi connectivity index (χ4n) is 1.57. The molecule has 0 aromatic rings. The summed E-state index contributed by atoms with van der Waals surface area (Å²) in [4.78, 5) is 0. The molecule has 0 rings (SSSR count). The summed E-state index contributed by atoms with van der Waals surface area (Å²) in [7, 11) is 0. The molecule has 0 nitrogen and oxygen atoms in total. The van der Waals surface area contributed by atoms with Crippen molar-refractivity contribution >= 4 is 6.15 Å². The molecule has 0 atom stereocenters. The van der Waals surface area contributed by atoms with Crippen LogP contribution in [0, 0.1) is 0 Å². The van der Waals surface area contributed by atoms with E-state index in [0.717, 1.165) is 19.0 Å². The Kier molecular flexibility index (Phi) is 5.19. The van der Waals surface area contributed by atoms with E-state index in [1.807, 2.05) is 24.2 Å². The van der Waals surface area contributed by atoms with Gasteiger partial charge in [0, 0.05) is 6.15 Å². The van der Waals surface area contributed by atoms with Gasteiger partial charge in [0.05, 0.1) is 0 Å². The van der Waals surface area contributed by atoms with Crippen LogP contribution in [-0.2, 0) is 0 Å². The van der Waals surface area contributed by atoms with Crippen molar-refractivity contribution in [1.82, 2.24) is 0 Å². The van der Waals surface area contributed by atoms with Gasteiger partial charge in [-0.1, -0.05) is 0 Å². The molecule has 0 aromatic carbocycles. The van der Waals surface area contributed by atoms with Crippen molar-refractivity contribution < 1.29 is 0 Å². The molecule has 0 spiro atoms. The van der Waals surface area contributed by atoms with Crippen molar-refractivity contribution in [1.29, 1.82) is 0 Å². The van der Waals surface area contributed by atoms with E-state index >= 15 is 0 Å². The van der Waals surface area contributed by atoms with Crippen LogP contribution in [0.1, 0.15) is 0 Å². The first-order chi connectivity index (χ1) is 5.74. The Bertz CT molecular complexity index is 153. The van der Waals surface area contributed by atoms with E-state index in [1.54, 1.807) is 0 Å². The zero-order valence-corrected chi connectivity index (χ0v) is 7.84. The van der Waals surface area contributed by atoms with Gasteiger partial charge in [0.1, 0.15) is 0 Å². The van der Waals surface area contributed by atoms with Gasteiger partial charge in [-0.05, 0) is 0 Å². The number of hydrogen-bond acceptors (Lipinski definition) is 0. The Morgan fingerprint density at radius 1 is 0.750 bits per heavy atom. The Morgan fingerprint density at radius 3 is 1.25 bits per heavy atom. The molecular weight excluding hydrogens is 143 g/mol. The standard InChI is InChI=1S/C11H18B/c1-5-9-12(8-4,10-6-2)11-7-3/h5-8H,1-4,9-11H2/q-1. The van der Waals surface area contributed by atoms with Crippen LogP contribution in [0.5, 0.6) is 0 Å². The molecule has 1 heteroatoms. The van der Waals surface area contributed by atoms with Crippen LogP contribution in [0.2, 0.25) is 19.0 Å². The van der Waals surface area contributed by atoms with Crippen molar-refractivity contribution in [3.63, 3.8) is 0 Å². The number of rotatable bonds is 7. The van der Waals surface area contributed by atoms with Crippen molar-refractivity contribution in [3.05, 3.63) is 50.5 Å². The fraction of sp³-hybridized carbons (Fsp3) is 0.273. The van der Waals surface area contributed by atoms with E-state index in [2.05, 4.69) is 26.3 Å².